The first-order chi connectivity index (χ1) is 17.2. The Morgan fingerprint density at radius 3 is 2.50 bits per heavy atom. The molecule has 0 radical (unpaired) electrons. The number of benzene rings is 3. The summed E-state index contributed by atoms with van der Waals surface area (Å²) in [5.41, 5.74) is 1.99. The lowest BCUT2D eigenvalue weighted by molar-refractivity contribution is -0.127. The number of carbonyl (C=O) groups is 3. The van der Waals surface area contributed by atoms with E-state index in [9.17, 15) is 14.4 Å². The van der Waals surface area contributed by atoms with Crippen LogP contribution in [-0.4, -0.2) is 28.5 Å². The molecule has 3 aromatic rings. The Hall–Kier alpha value is -2.24. The predicted octanol–water partition coefficient (Wildman–Crippen LogP) is 7.51. The van der Waals surface area contributed by atoms with E-state index in [4.69, 9.17) is 39.5 Å². The zero-order chi connectivity index (χ0) is 25.8. The fraction of sp³-hybridized carbons (Fsp3) is 0.0800. The van der Waals surface area contributed by atoms with Crippen molar-refractivity contribution in [2.75, 3.05) is 11.9 Å². The number of nitrogens with zero attached hydrogens (tertiary/aromatic N) is 1. The first-order valence-corrected chi connectivity index (χ1v) is 13.4. The molecule has 184 valence electrons. The van der Waals surface area contributed by atoms with Crippen LogP contribution in [0, 0.1) is 3.57 Å². The van der Waals surface area contributed by atoms with Crippen LogP contribution in [0.4, 0.5) is 10.5 Å². The van der Waals surface area contributed by atoms with E-state index in [1.165, 1.54) is 0 Å². The number of halogens is 4. The molecule has 0 saturated carbocycles. The molecule has 3 aromatic carbocycles. The molecule has 0 unspecified atom stereocenters. The van der Waals surface area contributed by atoms with Gasteiger partial charge < -0.3 is 10.1 Å². The van der Waals surface area contributed by atoms with Crippen molar-refractivity contribution >= 4 is 98.0 Å². The van der Waals surface area contributed by atoms with Crippen molar-refractivity contribution in [1.29, 1.82) is 0 Å². The average molecular weight is 674 g/mol. The molecule has 1 aliphatic heterocycles. The highest BCUT2D eigenvalue weighted by Crippen LogP contribution is 2.33. The molecule has 11 heteroatoms. The maximum absolute atomic E-state index is 12.8. The van der Waals surface area contributed by atoms with Crippen molar-refractivity contribution in [3.63, 3.8) is 0 Å². The molecule has 0 bridgehead atoms. The second-order valence-corrected chi connectivity index (χ2v) is 10.9. The molecule has 1 N–H and O–H groups in total. The number of hydrogen-bond donors (Lipinski definition) is 1. The van der Waals surface area contributed by atoms with Crippen LogP contribution in [0.3, 0.4) is 0 Å². The van der Waals surface area contributed by atoms with Crippen molar-refractivity contribution < 1.29 is 19.1 Å². The van der Waals surface area contributed by atoms with Gasteiger partial charge >= 0.3 is 0 Å². The summed E-state index contributed by atoms with van der Waals surface area (Å²) in [5, 5.41) is 3.39. The number of hydrogen-bond acceptors (Lipinski definition) is 5. The first kappa shape index (κ1) is 26.8. The molecule has 1 fully saturated rings. The second kappa shape index (κ2) is 11.9. The third-order valence-corrected chi connectivity index (χ3v) is 7.77. The standard InChI is InChI=1S/C25H16Cl3IN2O4S/c26-16-7-5-15(9-18(16)28)13-35-21-8-6-14(10-19(21)29)11-22-24(33)31(25(34)36-22)12-23(32)30-20-4-2-1-3-17(20)27/h1-11H,12-13H2,(H,30,32)/b22-11+. The molecule has 0 aromatic heterocycles. The fourth-order valence-corrected chi connectivity index (χ4v) is 5.24. The van der Waals surface area contributed by atoms with Crippen molar-refractivity contribution in [3.8, 4) is 5.75 Å². The van der Waals surface area contributed by atoms with Gasteiger partial charge in [-0.05, 0) is 88.0 Å². The van der Waals surface area contributed by atoms with Gasteiger partial charge in [0.1, 0.15) is 18.9 Å². The number of ether oxygens (including phenoxy) is 1. The fourth-order valence-electron chi connectivity index (χ4n) is 3.20. The Morgan fingerprint density at radius 2 is 1.78 bits per heavy atom. The average Bonchev–Trinajstić information content (AvgIpc) is 3.09. The van der Waals surface area contributed by atoms with Crippen molar-refractivity contribution in [3.05, 3.63) is 95.3 Å². The Balaban J connectivity index is 1.40. The van der Waals surface area contributed by atoms with E-state index in [0.717, 1.165) is 25.8 Å². The molecular formula is C25H16Cl3IN2O4S. The Labute approximate surface area is 240 Å². The maximum Gasteiger partial charge on any atom is 0.294 e. The first-order valence-electron chi connectivity index (χ1n) is 10.4. The normalized spacial score (nSPS) is 14.4. The van der Waals surface area contributed by atoms with Gasteiger partial charge in [0.15, 0.2) is 0 Å². The molecule has 36 heavy (non-hydrogen) atoms. The number of carbonyl (C=O) groups excluding carboxylic acids is 3. The van der Waals surface area contributed by atoms with Crippen molar-refractivity contribution in [2.45, 2.75) is 6.61 Å². The highest BCUT2D eigenvalue weighted by atomic mass is 127. The minimum absolute atomic E-state index is 0.228. The zero-order valence-corrected chi connectivity index (χ0v) is 23.5. The van der Waals surface area contributed by atoms with Gasteiger partial charge in [-0.1, -0.05) is 59.1 Å². The zero-order valence-electron chi connectivity index (χ0n) is 18.3. The smallest absolute Gasteiger partial charge is 0.294 e. The third kappa shape index (κ3) is 6.54. The lowest BCUT2D eigenvalue weighted by atomic mass is 10.2. The molecular weight excluding hydrogens is 658 g/mol. The Bertz CT molecular complexity index is 1400. The minimum Gasteiger partial charge on any atom is -0.488 e. The Morgan fingerprint density at radius 1 is 1.00 bits per heavy atom. The summed E-state index contributed by atoms with van der Waals surface area (Å²) in [6, 6.07) is 17.4. The van der Waals surface area contributed by atoms with Crippen molar-refractivity contribution in [1.82, 2.24) is 4.90 Å². The minimum atomic E-state index is -0.533. The SMILES string of the molecule is O=C(CN1C(=O)S/C(=C/c2ccc(OCc3ccc(Cl)c(Cl)c3)c(I)c2)C1=O)Nc1ccccc1Cl. The van der Waals surface area contributed by atoms with Gasteiger partial charge in [0.05, 0.1) is 29.2 Å². The van der Waals surface area contributed by atoms with E-state index in [-0.39, 0.29) is 4.91 Å². The molecule has 3 amide bonds. The van der Waals surface area contributed by atoms with Crippen LogP contribution in [0.1, 0.15) is 11.1 Å². The number of nitrogens with one attached hydrogen (secondary N) is 1. The highest BCUT2D eigenvalue weighted by Gasteiger charge is 2.36. The summed E-state index contributed by atoms with van der Waals surface area (Å²) < 4.78 is 6.70. The number of imide groups is 1. The summed E-state index contributed by atoms with van der Waals surface area (Å²) in [6.07, 6.45) is 1.61. The number of para-hydroxylation sites is 1. The molecule has 4 rings (SSSR count). The van der Waals surface area contributed by atoms with Crippen LogP contribution in [0.2, 0.25) is 15.1 Å². The molecule has 0 atom stereocenters. The molecule has 1 saturated heterocycles. The number of rotatable bonds is 7. The van der Waals surface area contributed by atoms with Crippen LogP contribution in [0.5, 0.6) is 5.75 Å². The third-order valence-electron chi connectivity index (χ3n) is 4.96. The van der Waals surface area contributed by atoms with E-state index in [0.29, 0.717) is 38.7 Å². The van der Waals surface area contributed by atoms with Crippen LogP contribution in [0.25, 0.3) is 6.08 Å². The predicted molar refractivity (Wildman–Crippen MR) is 153 cm³/mol. The summed E-state index contributed by atoms with van der Waals surface area (Å²) in [5.74, 6) is -0.401. The Kier molecular flexibility index (Phi) is 8.84. The highest BCUT2D eigenvalue weighted by molar-refractivity contribution is 14.1. The maximum atomic E-state index is 12.8. The summed E-state index contributed by atoms with van der Waals surface area (Å²) >= 11 is 21.0. The van der Waals surface area contributed by atoms with Gasteiger partial charge in [-0.3, -0.25) is 19.3 Å². The van der Waals surface area contributed by atoms with E-state index in [2.05, 4.69) is 27.9 Å². The number of anilines is 1. The van der Waals surface area contributed by atoms with Crippen LogP contribution < -0.4 is 10.1 Å². The molecule has 0 spiro atoms. The van der Waals surface area contributed by atoms with Crippen molar-refractivity contribution in [2.24, 2.45) is 0 Å². The van der Waals surface area contributed by atoms with Gasteiger partial charge in [-0.25, -0.2) is 0 Å². The van der Waals surface area contributed by atoms with Crippen LogP contribution >= 0.6 is 69.2 Å². The van der Waals surface area contributed by atoms with Gasteiger partial charge in [-0.2, -0.15) is 0 Å². The van der Waals surface area contributed by atoms with Gasteiger partial charge in [-0.15, -0.1) is 0 Å². The summed E-state index contributed by atoms with van der Waals surface area (Å²) in [4.78, 5) is 38.7. The largest absolute Gasteiger partial charge is 0.488 e. The quantitative estimate of drug-likeness (QED) is 0.208. The van der Waals surface area contributed by atoms with Crippen LogP contribution in [0.15, 0.2) is 65.6 Å². The summed E-state index contributed by atoms with van der Waals surface area (Å²) in [6.45, 7) is -0.104. The lowest BCUT2D eigenvalue weighted by Gasteiger charge is -2.13. The topological polar surface area (TPSA) is 75.7 Å². The number of thioether (sulfide) groups is 1. The number of amides is 3. The molecule has 1 aliphatic rings. The van der Waals surface area contributed by atoms with E-state index < -0.39 is 23.6 Å². The molecule has 6 nitrogen and oxygen atoms in total. The lowest BCUT2D eigenvalue weighted by Crippen LogP contribution is -2.36. The summed E-state index contributed by atoms with van der Waals surface area (Å²) in [7, 11) is 0. The monoisotopic (exact) mass is 672 g/mol. The van der Waals surface area contributed by atoms with E-state index in [1.807, 2.05) is 12.1 Å². The van der Waals surface area contributed by atoms with Gasteiger partial charge in [0, 0.05) is 0 Å². The molecule has 0 aliphatic carbocycles. The second-order valence-electron chi connectivity index (χ2n) is 7.52. The molecule has 1 heterocycles. The van der Waals surface area contributed by atoms with Gasteiger partial charge in [0.2, 0.25) is 5.91 Å². The van der Waals surface area contributed by atoms with E-state index >= 15 is 0 Å². The van der Waals surface area contributed by atoms with E-state index in [1.54, 1.807) is 54.6 Å². The van der Waals surface area contributed by atoms with Gasteiger partial charge in [0.25, 0.3) is 11.1 Å². The van der Waals surface area contributed by atoms with Crippen LogP contribution in [-0.2, 0) is 16.2 Å².